The summed E-state index contributed by atoms with van der Waals surface area (Å²) in [5.41, 5.74) is 10.2. The van der Waals surface area contributed by atoms with Crippen molar-refractivity contribution in [2.45, 2.75) is 38.9 Å². The van der Waals surface area contributed by atoms with Gasteiger partial charge in [0.2, 0.25) is 5.91 Å². The Morgan fingerprint density at radius 2 is 1.88 bits per heavy atom. The molecule has 126 valence electrons. The van der Waals surface area contributed by atoms with Gasteiger partial charge in [-0.25, -0.2) is 10.9 Å². The quantitative estimate of drug-likeness (QED) is 0.695. The van der Waals surface area contributed by atoms with Crippen LogP contribution in [-0.2, 0) is 11.3 Å². The SMILES string of the molecule is Cc1cc(O)c(C2CC(C(=O)NCc3ccccc3)NN2)cc1C. The summed E-state index contributed by atoms with van der Waals surface area (Å²) >= 11 is 0. The van der Waals surface area contributed by atoms with Crippen LogP contribution in [0.1, 0.15) is 34.7 Å². The monoisotopic (exact) mass is 325 g/mol. The highest BCUT2D eigenvalue weighted by Crippen LogP contribution is 2.31. The number of hydrogen-bond acceptors (Lipinski definition) is 4. The molecule has 0 bridgehead atoms. The minimum atomic E-state index is -0.320. The number of phenols is 1. The zero-order valence-corrected chi connectivity index (χ0v) is 14.0. The van der Waals surface area contributed by atoms with Gasteiger partial charge in [-0.15, -0.1) is 0 Å². The van der Waals surface area contributed by atoms with Gasteiger partial charge >= 0.3 is 0 Å². The first-order valence-corrected chi connectivity index (χ1v) is 8.17. The molecule has 1 saturated heterocycles. The number of phenolic OH excluding ortho intramolecular Hbond substituents is 1. The Morgan fingerprint density at radius 3 is 2.62 bits per heavy atom. The van der Waals surface area contributed by atoms with Crippen LogP contribution in [-0.4, -0.2) is 17.1 Å². The van der Waals surface area contributed by atoms with Crippen molar-refractivity contribution in [3.05, 3.63) is 64.7 Å². The van der Waals surface area contributed by atoms with E-state index >= 15 is 0 Å². The lowest BCUT2D eigenvalue weighted by Gasteiger charge is -2.14. The molecule has 0 aromatic heterocycles. The van der Waals surface area contributed by atoms with E-state index < -0.39 is 0 Å². The third-order valence-corrected chi connectivity index (χ3v) is 4.55. The maximum atomic E-state index is 12.3. The number of carbonyl (C=O) groups is 1. The van der Waals surface area contributed by atoms with E-state index in [0.717, 1.165) is 22.3 Å². The maximum Gasteiger partial charge on any atom is 0.238 e. The van der Waals surface area contributed by atoms with Crippen LogP contribution < -0.4 is 16.2 Å². The number of benzene rings is 2. The highest BCUT2D eigenvalue weighted by atomic mass is 16.3. The summed E-state index contributed by atoms with van der Waals surface area (Å²) in [5.74, 6) is 0.222. The molecule has 2 unspecified atom stereocenters. The molecule has 0 aliphatic carbocycles. The maximum absolute atomic E-state index is 12.3. The van der Waals surface area contributed by atoms with E-state index in [2.05, 4.69) is 16.2 Å². The molecule has 1 amide bonds. The van der Waals surface area contributed by atoms with Gasteiger partial charge in [-0.2, -0.15) is 0 Å². The van der Waals surface area contributed by atoms with Crippen LogP contribution in [0.3, 0.4) is 0 Å². The van der Waals surface area contributed by atoms with E-state index in [1.807, 2.05) is 50.2 Å². The Balaban J connectivity index is 1.61. The van der Waals surface area contributed by atoms with Crippen LogP contribution in [0.15, 0.2) is 42.5 Å². The molecule has 1 heterocycles. The minimum absolute atomic E-state index is 0.0443. The van der Waals surface area contributed by atoms with Crippen molar-refractivity contribution in [2.24, 2.45) is 0 Å². The van der Waals surface area contributed by atoms with Gasteiger partial charge in [0.05, 0.1) is 6.04 Å². The van der Waals surface area contributed by atoms with Crippen molar-refractivity contribution in [2.75, 3.05) is 0 Å². The summed E-state index contributed by atoms with van der Waals surface area (Å²) in [6, 6.07) is 13.2. The molecule has 2 aromatic rings. The van der Waals surface area contributed by atoms with Crippen LogP contribution >= 0.6 is 0 Å². The van der Waals surface area contributed by atoms with Gasteiger partial charge in [0.25, 0.3) is 0 Å². The second-order valence-corrected chi connectivity index (χ2v) is 6.33. The molecule has 4 N–H and O–H groups in total. The lowest BCUT2D eigenvalue weighted by Crippen LogP contribution is -2.42. The Bertz CT molecular complexity index is 731. The van der Waals surface area contributed by atoms with Gasteiger partial charge in [-0.05, 0) is 43.0 Å². The van der Waals surface area contributed by atoms with Crippen LogP contribution in [0.2, 0.25) is 0 Å². The summed E-state index contributed by atoms with van der Waals surface area (Å²) < 4.78 is 0. The summed E-state index contributed by atoms with van der Waals surface area (Å²) in [7, 11) is 0. The molecule has 1 aliphatic rings. The molecule has 1 fully saturated rings. The fourth-order valence-electron chi connectivity index (χ4n) is 2.94. The predicted molar refractivity (Wildman–Crippen MR) is 93.3 cm³/mol. The third-order valence-electron chi connectivity index (χ3n) is 4.55. The van der Waals surface area contributed by atoms with Gasteiger partial charge in [-0.3, -0.25) is 4.79 Å². The number of aromatic hydroxyl groups is 1. The zero-order valence-electron chi connectivity index (χ0n) is 14.0. The third kappa shape index (κ3) is 3.58. The van der Waals surface area contributed by atoms with E-state index in [-0.39, 0.29) is 23.7 Å². The average Bonchev–Trinajstić information content (AvgIpc) is 3.07. The van der Waals surface area contributed by atoms with Crippen LogP contribution in [0.25, 0.3) is 0 Å². The Morgan fingerprint density at radius 1 is 1.17 bits per heavy atom. The second-order valence-electron chi connectivity index (χ2n) is 6.33. The van der Waals surface area contributed by atoms with Crippen molar-refractivity contribution >= 4 is 5.91 Å². The molecule has 3 rings (SSSR count). The molecular formula is C19H23N3O2. The van der Waals surface area contributed by atoms with E-state index in [1.54, 1.807) is 6.07 Å². The first kappa shape index (κ1) is 16.5. The minimum Gasteiger partial charge on any atom is -0.508 e. The highest BCUT2D eigenvalue weighted by molar-refractivity contribution is 5.82. The number of hydrogen-bond donors (Lipinski definition) is 4. The van der Waals surface area contributed by atoms with Gasteiger partial charge < -0.3 is 10.4 Å². The summed E-state index contributed by atoms with van der Waals surface area (Å²) in [5, 5.41) is 13.1. The zero-order chi connectivity index (χ0) is 17.1. The van der Waals surface area contributed by atoms with Gasteiger partial charge in [-0.1, -0.05) is 36.4 Å². The Hall–Kier alpha value is -2.37. The van der Waals surface area contributed by atoms with Crippen LogP contribution in [0.5, 0.6) is 5.75 Å². The summed E-state index contributed by atoms with van der Waals surface area (Å²) in [6.07, 6.45) is 0.594. The lowest BCUT2D eigenvalue weighted by atomic mass is 9.97. The first-order valence-electron chi connectivity index (χ1n) is 8.17. The van der Waals surface area contributed by atoms with Crippen LogP contribution in [0.4, 0.5) is 0 Å². The van der Waals surface area contributed by atoms with Crippen molar-refractivity contribution < 1.29 is 9.90 Å². The molecule has 2 atom stereocenters. The molecule has 0 spiro atoms. The standard InChI is InChI=1S/C19H23N3O2/c1-12-8-15(18(23)9-13(12)2)16-10-17(22-21-16)19(24)20-11-14-6-4-3-5-7-14/h3-9,16-17,21-23H,10-11H2,1-2H3,(H,20,24). The molecule has 5 heteroatoms. The fourth-order valence-corrected chi connectivity index (χ4v) is 2.94. The molecule has 2 aromatic carbocycles. The van der Waals surface area contributed by atoms with Gasteiger partial charge in [0.15, 0.2) is 0 Å². The molecule has 5 nitrogen and oxygen atoms in total. The largest absolute Gasteiger partial charge is 0.508 e. The second kappa shape index (κ2) is 7.03. The highest BCUT2D eigenvalue weighted by Gasteiger charge is 2.31. The van der Waals surface area contributed by atoms with Crippen molar-refractivity contribution in [1.29, 1.82) is 0 Å². The molecule has 0 saturated carbocycles. The van der Waals surface area contributed by atoms with Crippen molar-refractivity contribution in [3.8, 4) is 5.75 Å². The van der Waals surface area contributed by atoms with E-state index in [0.29, 0.717) is 13.0 Å². The predicted octanol–water partition coefficient (Wildman–Crippen LogP) is 2.23. The molecule has 24 heavy (non-hydrogen) atoms. The van der Waals surface area contributed by atoms with Gasteiger partial charge in [0, 0.05) is 12.1 Å². The number of nitrogens with one attached hydrogen (secondary N) is 3. The normalized spacial score (nSPS) is 20.1. The lowest BCUT2D eigenvalue weighted by molar-refractivity contribution is -0.123. The number of amides is 1. The Kier molecular flexibility index (Phi) is 4.83. The van der Waals surface area contributed by atoms with Crippen molar-refractivity contribution in [3.63, 3.8) is 0 Å². The Labute approximate surface area is 142 Å². The number of hydrazine groups is 1. The molecular weight excluding hydrogens is 302 g/mol. The topological polar surface area (TPSA) is 73.4 Å². The number of carbonyl (C=O) groups excluding carboxylic acids is 1. The molecule has 0 radical (unpaired) electrons. The first-order chi connectivity index (χ1) is 11.5. The number of rotatable bonds is 4. The van der Waals surface area contributed by atoms with Gasteiger partial charge in [0.1, 0.15) is 11.8 Å². The summed E-state index contributed by atoms with van der Waals surface area (Å²) in [4.78, 5) is 12.3. The van der Waals surface area contributed by atoms with E-state index in [1.165, 1.54) is 0 Å². The average molecular weight is 325 g/mol. The fraction of sp³-hybridized carbons (Fsp3) is 0.316. The van der Waals surface area contributed by atoms with Crippen LogP contribution in [0, 0.1) is 13.8 Å². The number of aryl methyl sites for hydroxylation is 2. The van der Waals surface area contributed by atoms with E-state index in [4.69, 9.17) is 0 Å². The van der Waals surface area contributed by atoms with E-state index in [9.17, 15) is 9.90 Å². The summed E-state index contributed by atoms with van der Waals surface area (Å²) in [6.45, 7) is 4.50. The van der Waals surface area contributed by atoms with Crippen molar-refractivity contribution in [1.82, 2.24) is 16.2 Å². The molecule has 1 aliphatic heterocycles. The smallest absolute Gasteiger partial charge is 0.238 e.